The molecule has 0 bridgehead atoms. The zero-order chi connectivity index (χ0) is 22.1. The standard InChI is InChI=1S/C23H29N7O2/c1-15-13-29(9-8-24-15)14-16-6-7-20(25-11-16)27-23-26-12-17-10-19(22(31)32)30(21(17)28-23)18-4-2-3-5-18/h6-7,10-12,15,18,24H,2-5,8-9,13-14H2,1H3,(H,31,32)(H,25,26,27,28)/t15-/m0/s1. The number of nitrogens with zero attached hydrogens (tertiary/aromatic N) is 5. The molecule has 2 fully saturated rings. The summed E-state index contributed by atoms with van der Waals surface area (Å²) >= 11 is 0. The van der Waals surface area contributed by atoms with Crippen LogP contribution in [0.25, 0.3) is 11.0 Å². The fraction of sp³-hybridized carbons (Fsp3) is 0.478. The number of hydrogen-bond donors (Lipinski definition) is 3. The van der Waals surface area contributed by atoms with Crippen LogP contribution in [0.4, 0.5) is 11.8 Å². The van der Waals surface area contributed by atoms with Crippen molar-refractivity contribution in [2.75, 3.05) is 25.0 Å². The van der Waals surface area contributed by atoms with E-state index in [1.165, 1.54) is 5.56 Å². The number of carboxylic acids is 1. The minimum absolute atomic E-state index is 0.173. The van der Waals surface area contributed by atoms with E-state index in [2.05, 4.69) is 43.5 Å². The zero-order valence-corrected chi connectivity index (χ0v) is 18.3. The number of piperazine rings is 1. The highest BCUT2D eigenvalue weighted by molar-refractivity contribution is 5.93. The smallest absolute Gasteiger partial charge is 0.352 e. The van der Waals surface area contributed by atoms with E-state index in [0.29, 0.717) is 23.5 Å². The number of anilines is 2. The van der Waals surface area contributed by atoms with Gasteiger partial charge in [0.25, 0.3) is 0 Å². The van der Waals surface area contributed by atoms with Gasteiger partial charge in [0, 0.05) is 56.0 Å². The lowest BCUT2D eigenvalue weighted by molar-refractivity contribution is 0.0683. The lowest BCUT2D eigenvalue weighted by Gasteiger charge is -2.31. The van der Waals surface area contributed by atoms with Gasteiger partial charge in [-0.15, -0.1) is 0 Å². The fourth-order valence-corrected chi connectivity index (χ4v) is 4.89. The molecule has 1 aliphatic carbocycles. The third kappa shape index (κ3) is 4.31. The Morgan fingerprint density at radius 1 is 1.25 bits per heavy atom. The first-order chi connectivity index (χ1) is 15.6. The highest BCUT2D eigenvalue weighted by atomic mass is 16.4. The van der Waals surface area contributed by atoms with Crippen LogP contribution in [0.15, 0.2) is 30.6 Å². The van der Waals surface area contributed by atoms with Gasteiger partial charge >= 0.3 is 5.97 Å². The summed E-state index contributed by atoms with van der Waals surface area (Å²) in [5.74, 6) is 0.155. The molecular weight excluding hydrogens is 406 g/mol. The molecule has 0 amide bonds. The van der Waals surface area contributed by atoms with Gasteiger partial charge < -0.3 is 20.3 Å². The lowest BCUT2D eigenvalue weighted by Crippen LogP contribution is -2.48. The van der Waals surface area contributed by atoms with Gasteiger partial charge in [-0.25, -0.2) is 14.8 Å². The summed E-state index contributed by atoms with van der Waals surface area (Å²) in [5.41, 5.74) is 2.11. The second-order valence-electron chi connectivity index (χ2n) is 8.88. The summed E-state index contributed by atoms with van der Waals surface area (Å²) in [5, 5.41) is 17.1. The summed E-state index contributed by atoms with van der Waals surface area (Å²) in [7, 11) is 0. The van der Waals surface area contributed by atoms with Crippen molar-refractivity contribution in [2.45, 2.75) is 51.2 Å². The summed E-state index contributed by atoms with van der Waals surface area (Å²) in [6.07, 6.45) is 7.75. The van der Waals surface area contributed by atoms with Crippen LogP contribution >= 0.6 is 0 Å². The average molecular weight is 436 g/mol. The maximum absolute atomic E-state index is 11.8. The Morgan fingerprint density at radius 2 is 2.09 bits per heavy atom. The molecule has 32 heavy (non-hydrogen) atoms. The number of carbonyl (C=O) groups is 1. The van der Waals surface area contributed by atoms with Crippen LogP contribution < -0.4 is 10.6 Å². The SMILES string of the molecule is C[C@H]1CN(Cc2ccc(Nc3ncc4cc(C(=O)O)n(C5CCCC5)c4n3)nc2)CCN1. The monoisotopic (exact) mass is 435 g/mol. The van der Waals surface area contributed by atoms with Crippen molar-refractivity contribution in [3.63, 3.8) is 0 Å². The Bertz CT molecular complexity index is 1110. The Morgan fingerprint density at radius 3 is 2.81 bits per heavy atom. The van der Waals surface area contributed by atoms with Crippen LogP contribution in [0.2, 0.25) is 0 Å². The molecule has 4 heterocycles. The van der Waals surface area contributed by atoms with E-state index in [1.807, 2.05) is 16.8 Å². The molecular formula is C23H29N7O2. The van der Waals surface area contributed by atoms with Gasteiger partial charge in [-0.05, 0) is 37.5 Å². The van der Waals surface area contributed by atoms with Crippen LogP contribution in [0, 0.1) is 0 Å². The highest BCUT2D eigenvalue weighted by Gasteiger charge is 2.25. The van der Waals surface area contributed by atoms with Crippen LogP contribution in [0.1, 0.15) is 54.7 Å². The summed E-state index contributed by atoms with van der Waals surface area (Å²) < 4.78 is 1.88. The van der Waals surface area contributed by atoms with E-state index in [-0.39, 0.29) is 11.7 Å². The molecule has 0 radical (unpaired) electrons. The zero-order valence-electron chi connectivity index (χ0n) is 18.3. The molecule has 9 nitrogen and oxygen atoms in total. The van der Waals surface area contributed by atoms with Crippen molar-refractivity contribution < 1.29 is 9.90 Å². The van der Waals surface area contributed by atoms with E-state index < -0.39 is 5.97 Å². The third-order valence-corrected chi connectivity index (χ3v) is 6.41. The van der Waals surface area contributed by atoms with Gasteiger partial charge in [0.15, 0.2) is 0 Å². The van der Waals surface area contributed by atoms with E-state index in [0.717, 1.165) is 57.2 Å². The maximum Gasteiger partial charge on any atom is 0.352 e. The van der Waals surface area contributed by atoms with Gasteiger partial charge in [-0.1, -0.05) is 18.9 Å². The van der Waals surface area contributed by atoms with Crippen molar-refractivity contribution >= 4 is 28.8 Å². The van der Waals surface area contributed by atoms with Crippen LogP contribution in [0.3, 0.4) is 0 Å². The Kier molecular flexibility index (Phi) is 5.75. The molecule has 1 saturated heterocycles. The summed E-state index contributed by atoms with van der Waals surface area (Å²) in [4.78, 5) is 27.8. The highest BCUT2D eigenvalue weighted by Crippen LogP contribution is 2.34. The molecule has 2 aliphatic rings. The molecule has 5 rings (SSSR count). The number of carboxylic acid groups (broad SMARTS) is 1. The Labute approximate surface area is 186 Å². The molecule has 168 valence electrons. The second kappa shape index (κ2) is 8.84. The third-order valence-electron chi connectivity index (χ3n) is 6.41. The van der Waals surface area contributed by atoms with E-state index in [4.69, 9.17) is 0 Å². The van der Waals surface area contributed by atoms with Gasteiger partial charge in [-0.2, -0.15) is 4.98 Å². The number of hydrogen-bond acceptors (Lipinski definition) is 7. The van der Waals surface area contributed by atoms with Crippen LogP contribution in [-0.2, 0) is 6.54 Å². The van der Waals surface area contributed by atoms with Crippen molar-refractivity contribution in [1.82, 2.24) is 29.7 Å². The van der Waals surface area contributed by atoms with Crippen LogP contribution in [-0.4, -0.2) is 61.2 Å². The second-order valence-corrected chi connectivity index (χ2v) is 8.88. The quantitative estimate of drug-likeness (QED) is 0.542. The van der Waals surface area contributed by atoms with Crippen molar-refractivity contribution in [3.05, 3.63) is 41.9 Å². The Balaban J connectivity index is 1.35. The number of nitrogens with one attached hydrogen (secondary N) is 2. The van der Waals surface area contributed by atoms with Crippen molar-refractivity contribution in [1.29, 1.82) is 0 Å². The Hall–Kier alpha value is -3.04. The van der Waals surface area contributed by atoms with Crippen LogP contribution in [0.5, 0.6) is 0 Å². The molecule has 1 atom stereocenters. The first-order valence-electron chi connectivity index (χ1n) is 11.4. The predicted octanol–water partition coefficient (Wildman–Crippen LogP) is 3.18. The molecule has 0 spiro atoms. The maximum atomic E-state index is 11.8. The summed E-state index contributed by atoms with van der Waals surface area (Å²) in [6.45, 7) is 6.18. The molecule has 3 N–H and O–H groups in total. The number of aromatic carboxylic acids is 1. The van der Waals surface area contributed by atoms with Crippen molar-refractivity contribution in [3.8, 4) is 0 Å². The number of aromatic nitrogens is 4. The number of fused-ring (bicyclic) bond motifs is 1. The fourth-order valence-electron chi connectivity index (χ4n) is 4.89. The minimum atomic E-state index is -0.930. The van der Waals surface area contributed by atoms with E-state index in [1.54, 1.807) is 12.3 Å². The number of rotatable bonds is 6. The molecule has 1 aliphatic heterocycles. The predicted molar refractivity (Wildman–Crippen MR) is 122 cm³/mol. The molecule has 0 unspecified atom stereocenters. The largest absolute Gasteiger partial charge is 0.477 e. The van der Waals surface area contributed by atoms with Gasteiger partial charge in [0.2, 0.25) is 5.95 Å². The van der Waals surface area contributed by atoms with Gasteiger partial charge in [-0.3, -0.25) is 4.90 Å². The van der Waals surface area contributed by atoms with Gasteiger partial charge in [0.1, 0.15) is 17.2 Å². The first kappa shape index (κ1) is 20.8. The first-order valence-corrected chi connectivity index (χ1v) is 11.4. The molecule has 0 aromatic carbocycles. The molecule has 3 aromatic rings. The molecule has 3 aromatic heterocycles. The minimum Gasteiger partial charge on any atom is -0.477 e. The lowest BCUT2D eigenvalue weighted by atomic mass is 10.2. The van der Waals surface area contributed by atoms with Gasteiger partial charge in [0.05, 0.1) is 0 Å². The molecule has 1 saturated carbocycles. The normalized spacial score (nSPS) is 20.1. The number of pyridine rings is 1. The topological polar surface area (TPSA) is 108 Å². The van der Waals surface area contributed by atoms with E-state index >= 15 is 0 Å². The van der Waals surface area contributed by atoms with Crippen molar-refractivity contribution in [2.24, 2.45) is 0 Å². The summed E-state index contributed by atoms with van der Waals surface area (Å²) in [6, 6.07) is 6.36. The average Bonchev–Trinajstić information content (AvgIpc) is 3.42. The van der Waals surface area contributed by atoms with E-state index in [9.17, 15) is 9.90 Å². The molecule has 9 heteroatoms.